The number of hydrogen-bond acceptors (Lipinski definition) is 1. The molecule has 0 N–H and O–H groups in total. The highest BCUT2D eigenvalue weighted by atomic mass is 32.2. The molecule has 0 atom stereocenters. The maximum atomic E-state index is 11.7. The van der Waals surface area contributed by atoms with E-state index in [0.29, 0.717) is 5.75 Å². The van der Waals surface area contributed by atoms with Gasteiger partial charge in [0.2, 0.25) is 0 Å². The Hall–Kier alpha value is -0.0551. The van der Waals surface area contributed by atoms with E-state index in [9.17, 15) is 12.9 Å². The van der Waals surface area contributed by atoms with Crippen molar-refractivity contribution in [1.82, 2.24) is 0 Å². The predicted molar refractivity (Wildman–Crippen MR) is 41.2 cm³/mol. The molecule has 0 fully saturated rings. The van der Waals surface area contributed by atoms with Crippen molar-refractivity contribution in [1.29, 1.82) is 0 Å². The van der Waals surface area contributed by atoms with Gasteiger partial charge in [0.15, 0.2) is 0 Å². The molecule has 60 valence electrons. The van der Waals surface area contributed by atoms with Crippen LogP contribution in [0.5, 0.6) is 0 Å². The van der Waals surface area contributed by atoms with Crippen LogP contribution in [0.3, 0.4) is 0 Å². The highest BCUT2D eigenvalue weighted by Gasteiger charge is 2.25. The minimum absolute atomic E-state index is 0.0139. The molecule has 0 rings (SSSR count). The van der Waals surface area contributed by atoms with Gasteiger partial charge in [-0.25, -0.2) is 0 Å². The molecule has 0 aromatic heterocycles. The third-order valence-electron chi connectivity index (χ3n) is 0.954. The van der Waals surface area contributed by atoms with Crippen molar-refractivity contribution >= 4 is 18.7 Å². The van der Waals surface area contributed by atoms with E-state index in [1.807, 2.05) is 6.92 Å². The zero-order valence-electron chi connectivity index (χ0n) is 5.74. The maximum absolute atomic E-state index is 11.7. The first-order valence-electron chi connectivity index (χ1n) is 2.93. The van der Waals surface area contributed by atoms with Gasteiger partial charge < -0.3 is 12.9 Å². The van der Waals surface area contributed by atoms with Crippen molar-refractivity contribution < 1.29 is 12.9 Å². The van der Waals surface area contributed by atoms with Crippen LogP contribution in [0.15, 0.2) is 12.1 Å². The highest BCUT2D eigenvalue weighted by molar-refractivity contribution is 7.99. The first-order chi connectivity index (χ1) is 4.48. The minimum atomic E-state index is -4.79. The van der Waals surface area contributed by atoms with Crippen molar-refractivity contribution in [3.63, 3.8) is 0 Å². The van der Waals surface area contributed by atoms with Crippen LogP contribution >= 0.6 is 11.8 Å². The molecule has 0 spiro atoms. The fraction of sp³-hybridized carbons (Fsp3) is 0.600. The molecule has 0 nitrogen and oxygen atoms in total. The fourth-order valence-corrected chi connectivity index (χ4v) is 0.983. The average molecular weight is 169 g/mol. The van der Waals surface area contributed by atoms with Gasteiger partial charge in [0.1, 0.15) is 0 Å². The zero-order chi connectivity index (χ0) is 8.20. The van der Waals surface area contributed by atoms with E-state index in [2.05, 4.69) is 6.58 Å². The Morgan fingerprint density at radius 2 is 2.00 bits per heavy atom. The average Bonchev–Trinajstić information content (AvgIpc) is 1.80. The number of thioether (sulfide) groups is 1. The Kier molecular flexibility index (Phi) is 3.94. The number of hydrogen-bond donors (Lipinski definition) is 0. The second-order valence-electron chi connectivity index (χ2n) is 1.87. The summed E-state index contributed by atoms with van der Waals surface area (Å²) in [5.41, 5.74) is -0.591. The van der Waals surface area contributed by atoms with Crippen LogP contribution in [-0.2, 0) is 0 Å². The van der Waals surface area contributed by atoms with E-state index in [4.69, 9.17) is 0 Å². The second-order valence-corrected chi connectivity index (χ2v) is 3.14. The highest BCUT2D eigenvalue weighted by Crippen LogP contribution is 2.21. The molecule has 0 saturated heterocycles. The summed E-state index contributed by atoms with van der Waals surface area (Å²) in [7, 11) is 0. The molecule has 0 radical (unpaired) electrons. The quantitative estimate of drug-likeness (QED) is 0.583. The lowest BCUT2D eigenvalue weighted by Gasteiger charge is -2.16. The van der Waals surface area contributed by atoms with E-state index >= 15 is 0 Å². The van der Waals surface area contributed by atoms with Gasteiger partial charge >= 0.3 is 6.98 Å². The summed E-state index contributed by atoms with van der Waals surface area (Å²) in [6, 6.07) is 0. The third kappa shape index (κ3) is 3.87. The Bertz CT molecular complexity index is 121. The lowest BCUT2D eigenvalue weighted by Crippen LogP contribution is -2.20. The monoisotopic (exact) mass is 169 g/mol. The smallest absolute Gasteiger partial charge is 0.445 e. The van der Waals surface area contributed by atoms with E-state index in [-0.39, 0.29) is 5.75 Å². The molecule has 0 bridgehead atoms. The molecule has 0 saturated carbocycles. The number of rotatable bonds is 4. The van der Waals surface area contributed by atoms with E-state index in [0.717, 1.165) is 0 Å². The third-order valence-corrected chi connectivity index (χ3v) is 1.94. The first-order valence-corrected chi connectivity index (χ1v) is 4.09. The molecule has 10 heavy (non-hydrogen) atoms. The lowest BCUT2D eigenvalue weighted by molar-refractivity contribution is 0.491. The van der Waals surface area contributed by atoms with Gasteiger partial charge in [0.05, 0.1) is 0 Å². The van der Waals surface area contributed by atoms with Gasteiger partial charge in [0, 0.05) is 0 Å². The molecule has 0 aromatic carbocycles. The molecule has 0 unspecified atom stereocenters. The Labute approximate surface area is 62.9 Å². The molecule has 0 heterocycles. The summed E-state index contributed by atoms with van der Waals surface area (Å²) in [4.78, 5) is 0. The summed E-state index contributed by atoms with van der Waals surface area (Å²) in [6.45, 7) is -0.0281. The normalized spacial score (nSPS) is 11.6. The van der Waals surface area contributed by atoms with Crippen LogP contribution in [0.25, 0.3) is 0 Å². The Morgan fingerprint density at radius 3 is 2.30 bits per heavy atom. The summed E-state index contributed by atoms with van der Waals surface area (Å²) >= 11 is 1.24. The van der Waals surface area contributed by atoms with E-state index in [1.54, 1.807) is 0 Å². The summed E-state index contributed by atoms with van der Waals surface area (Å²) in [5, 5.41) is 0. The topological polar surface area (TPSA) is 0 Å². The molecule has 0 aliphatic carbocycles. The molecule has 0 aliphatic rings. The van der Waals surface area contributed by atoms with Gasteiger partial charge in [-0.15, -0.1) is 12.1 Å². The van der Waals surface area contributed by atoms with Crippen molar-refractivity contribution in [3.05, 3.63) is 12.1 Å². The van der Waals surface area contributed by atoms with Gasteiger partial charge in [0.25, 0.3) is 0 Å². The largest absolute Gasteiger partial charge is 0.505 e. The summed E-state index contributed by atoms with van der Waals surface area (Å²) in [6.07, 6.45) is 0. The Morgan fingerprint density at radius 1 is 1.50 bits per heavy atom. The van der Waals surface area contributed by atoms with Gasteiger partial charge in [-0.05, 0) is 11.5 Å². The second kappa shape index (κ2) is 3.96. The molecule has 0 aliphatic heterocycles. The fourth-order valence-electron chi connectivity index (χ4n) is 0.328. The van der Waals surface area contributed by atoms with Crippen LogP contribution in [0.4, 0.5) is 12.9 Å². The lowest BCUT2D eigenvalue weighted by atomic mass is 9.82. The summed E-state index contributed by atoms with van der Waals surface area (Å²) in [5.74, 6) is 0.713. The zero-order valence-corrected chi connectivity index (χ0v) is 6.56. The van der Waals surface area contributed by atoms with Gasteiger partial charge in [-0.2, -0.15) is 11.8 Å². The standard InChI is InChI=1S/C5H9BF3S/c1-3-10-4-5(2)6(7,8)9/h2-4H2,1H3/q-1. The SMILES string of the molecule is C=C(CSCC)[B-](F)(F)F. The van der Waals surface area contributed by atoms with Gasteiger partial charge in [-0.1, -0.05) is 6.92 Å². The molecule has 5 heteroatoms. The molecule has 0 amide bonds. The first kappa shape index (κ1) is 9.94. The van der Waals surface area contributed by atoms with Crippen molar-refractivity contribution in [3.8, 4) is 0 Å². The van der Waals surface area contributed by atoms with Crippen molar-refractivity contribution in [2.24, 2.45) is 0 Å². The van der Waals surface area contributed by atoms with Crippen molar-refractivity contribution in [2.75, 3.05) is 11.5 Å². The number of halogens is 3. The maximum Gasteiger partial charge on any atom is 0.505 e. The van der Waals surface area contributed by atoms with Crippen LogP contribution in [0.1, 0.15) is 6.92 Å². The predicted octanol–water partition coefficient (Wildman–Crippen LogP) is 2.68. The molecule has 0 aromatic rings. The van der Waals surface area contributed by atoms with Crippen LogP contribution < -0.4 is 0 Å². The van der Waals surface area contributed by atoms with E-state index in [1.165, 1.54) is 11.8 Å². The molecular formula is C5H9BF3S-. The van der Waals surface area contributed by atoms with Crippen LogP contribution in [-0.4, -0.2) is 18.5 Å². The van der Waals surface area contributed by atoms with E-state index < -0.39 is 12.4 Å². The summed E-state index contributed by atoms with van der Waals surface area (Å²) < 4.78 is 35.2. The van der Waals surface area contributed by atoms with Crippen LogP contribution in [0.2, 0.25) is 0 Å². The Balaban J connectivity index is 3.64. The minimum Gasteiger partial charge on any atom is -0.445 e. The van der Waals surface area contributed by atoms with Crippen LogP contribution in [0, 0.1) is 0 Å². The van der Waals surface area contributed by atoms with Gasteiger partial charge in [-0.3, -0.25) is 0 Å². The van der Waals surface area contributed by atoms with Crippen molar-refractivity contribution in [2.45, 2.75) is 6.92 Å². The molecular weight excluding hydrogens is 160 g/mol.